The lowest BCUT2D eigenvalue weighted by Crippen LogP contribution is -2.20. The van der Waals surface area contributed by atoms with Gasteiger partial charge in [-0.25, -0.2) is 4.39 Å². The molecule has 19 heavy (non-hydrogen) atoms. The Bertz CT molecular complexity index is 525. The molecule has 0 saturated carbocycles. The summed E-state index contributed by atoms with van der Waals surface area (Å²) in [7, 11) is 1.90. The molecule has 0 aliphatic rings. The van der Waals surface area contributed by atoms with Crippen molar-refractivity contribution in [2.45, 2.75) is 6.54 Å². The average Bonchev–Trinajstić information content (AvgIpc) is 2.41. The molecule has 0 saturated heterocycles. The van der Waals surface area contributed by atoms with Gasteiger partial charge in [0.05, 0.1) is 0 Å². The second-order valence-corrected chi connectivity index (χ2v) is 4.64. The van der Waals surface area contributed by atoms with Crippen molar-refractivity contribution < 1.29 is 9.50 Å². The second-order valence-electron chi connectivity index (χ2n) is 4.64. The normalized spacial score (nSPS) is 10.9. The Morgan fingerprint density at radius 1 is 1.05 bits per heavy atom. The molecule has 2 nitrogen and oxygen atoms in total. The van der Waals surface area contributed by atoms with Gasteiger partial charge in [-0.05, 0) is 24.2 Å². The first-order chi connectivity index (χ1) is 9.20. The molecule has 0 fully saturated rings. The third-order valence-electron chi connectivity index (χ3n) is 3.09. The summed E-state index contributed by atoms with van der Waals surface area (Å²) in [6, 6.07) is 15.3. The molecular weight excluding hydrogens is 241 g/mol. The zero-order valence-electron chi connectivity index (χ0n) is 11.0. The summed E-state index contributed by atoms with van der Waals surface area (Å²) in [5, 5.41) is 9.80. The summed E-state index contributed by atoms with van der Waals surface area (Å²) < 4.78 is 12.2. The highest BCUT2D eigenvalue weighted by Crippen LogP contribution is 2.28. The van der Waals surface area contributed by atoms with Crippen LogP contribution in [0.2, 0.25) is 0 Å². The molecule has 0 unspecified atom stereocenters. The molecule has 2 aromatic carbocycles. The van der Waals surface area contributed by atoms with Crippen LogP contribution in [-0.2, 0) is 6.54 Å². The minimum absolute atomic E-state index is 0.282. The number of phenols is 1. The maximum atomic E-state index is 12.2. The minimum atomic E-state index is -0.327. The van der Waals surface area contributed by atoms with Crippen molar-refractivity contribution in [3.05, 3.63) is 54.1 Å². The quantitative estimate of drug-likeness (QED) is 0.889. The van der Waals surface area contributed by atoms with E-state index in [1.54, 1.807) is 12.1 Å². The monoisotopic (exact) mass is 259 g/mol. The summed E-state index contributed by atoms with van der Waals surface area (Å²) in [6.07, 6.45) is 0. The first kappa shape index (κ1) is 13.6. The fraction of sp³-hybridized carbons (Fsp3) is 0.250. The molecule has 0 heterocycles. The lowest BCUT2D eigenvalue weighted by molar-refractivity contribution is 0.289. The van der Waals surface area contributed by atoms with E-state index in [9.17, 15) is 9.50 Å². The van der Waals surface area contributed by atoms with Crippen LogP contribution < -0.4 is 0 Å². The molecule has 1 N–H and O–H groups in total. The Morgan fingerprint density at radius 3 is 2.37 bits per heavy atom. The highest BCUT2D eigenvalue weighted by molar-refractivity contribution is 5.69. The number of nitrogens with zero attached hydrogens (tertiary/aromatic N) is 1. The molecule has 2 rings (SSSR count). The molecule has 0 atom stereocenters. The third-order valence-corrected chi connectivity index (χ3v) is 3.09. The summed E-state index contributed by atoms with van der Waals surface area (Å²) in [6.45, 7) is 0.846. The van der Waals surface area contributed by atoms with E-state index < -0.39 is 0 Å². The second kappa shape index (κ2) is 6.34. The number of phenolic OH excluding ortho intramolecular Hbond substituents is 1. The van der Waals surface area contributed by atoms with Crippen molar-refractivity contribution in [3.8, 4) is 16.9 Å². The van der Waals surface area contributed by atoms with Crippen LogP contribution in [0.3, 0.4) is 0 Å². The van der Waals surface area contributed by atoms with Gasteiger partial charge >= 0.3 is 0 Å². The molecular formula is C16H18FNO. The molecule has 3 heteroatoms. The maximum absolute atomic E-state index is 12.2. The minimum Gasteiger partial charge on any atom is -0.507 e. The zero-order chi connectivity index (χ0) is 13.7. The molecule has 0 bridgehead atoms. The molecule has 0 aromatic heterocycles. The van der Waals surface area contributed by atoms with Gasteiger partial charge in [-0.15, -0.1) is 0 Å². The Labute approximate surface area is 113 Å². The van der Waals surface area contributed by atoms with E-state index in [0.29, 0.717) is 6.54 Å². The van der Waals surface area contributed by atoms with Gasteiger partial charge in [0.15, 0.2) is 0 Å². The fourth-order valence-corrected chi connectivity index (χ4v) is 2.04. The molecule has 0 spiro atoms. The first-order valence-electron chi connectivity index (χ1n) is 6.32. The summed E-state index contributed by atoms with van der Waals surface area (Å²) in [4.78, 5) is 1.94. The third kappa shape index (κ3) is 3.55. The maximum Gasteiger partial charge on any atom is 0.123 e. The first-order valence-corrected chi connectivity index (χ1v) is 6.32. The van der Waals surface area contributed by atoms with Crippen LogP contribution in [0.5, 0.6) is 5.75 Å². The van der Waals surface area contributed by atoms with E-state index >= 15 is 0 Å². The number of benzene rings is 2. The van der Waals surface area contributed by atoms with Crippen LogP contribution in [0.15, 0.2) is 48.5 Å². The van der Waals surface area contributed by atoms with E-state index in [2.05, 4.69) is 0 Å². The van der Waals surface area contributed by atoms with Gasteiger partial charge < -0.3 is 5.11 Å². The number of para-hydroxylation sites is 1. The van der Waals surface area contributed by atoms with Crippen molar-refractivity contribution in [1.29, 1.82) is 0 Å². The molecule has 0 aliphatic heterocycles. The lowest BCUT2D eigenvalue weighted by atomic mass is 10.0. The van der Waals surface area contributed by atoms with Gasteiger partial charge in [0, 0.05) is 18.7 Å². The van der Waals surface area contributed by atoms with Crippen LogP contribution in [0.25, 0.3) is 11.1 Å². The number of aromatic hydroxyl groups is 1. The Hall–Kier alpha value is -1.87. The molecule has 0 radical (unpaired) electrons. The van der Waals surface area contributed by atoms with E-state index in [0.717, 1.165) is 23.2 Å². The van der Waals surface area contributed by atoms with Crippen LogP contribution in [0.4, 0.5) is 4.39 Å². The van der Waals surface area contributed by atoms with Crippen molar-refractivity contribution in [2.75, 3.05) is 20.3 Å². The molecule has 2 aromatic rings. The van der Waals surface area contributed by atoms with Gasteiger partial charge in [0.25, 0.3) is 0 Å². The predicted octanol–water partition coefficient (Wildman–Crippen LogP) is 3.46. The topological polar surface area (TPSA) is 23.5 Å². The van der Waals surface area contributed by atoms with E-state index in [4.69, 9.17) is 0 Å². The van der Waals surface area contributed by atoms with Crippen LogP contribution >= 0.6 is 0 Å². The van der Waals surface area contributed by atoms with E-state index in [-0.39, 0.29) is 12.4 Å². The van der Waals surface area contributed by atoms with Gasteiger partial charge in [0.2, 0.25) is 0 Å². The summed E-state index contributed by atoms with van der Waals surface area (Å²) in [5.74, 6) is 0.282. The lowest BCUT2D eigenvalue weighted by Gasteiger charge is -2.14. The summed E-state index contributed by atoms with van der Waals surface area (Å²) in [5.41, 5.74) is 2.94. The Kier molecular flexibility index (Phi) is 4.53. The van der Waals surface area contributed by atoms with Crippen LogP contribution in [0, 0.1) is 0 Å². The zero-order valence-corrected chi connectivity index (χ0v) is 11.0. The molecule has 0 amide bonds. The Morgan fingerprint density at radius 2 is 1.74 bits per heavy atom. The Balaban J connectivity index is 2.13. The highest BCUT2D eigenvalue weighted by atomic mass is 19.1. The van der Waals surface area contributed by atoms with Crippen molar-refractivity contribution in [3.63, 3.8) is 0 Å². The predicted molar refractivity (Wildman–Crippen MR) is 75.9 cm³/mol. The standard InChI is InChI=1S/C16H18FNO/c1-18(11-10-17)12-13-6-8-14(9-7-13)15-4-2-3-5-16(15)19/h2-9,19H,10-12H2,1H3. The number of rotatable bonds is 5. The van der Waals surface area contributed by atoms with Crippen molar-refractivity contribution in [1.82, 2.24) is 4.90 Å². The van der Waals surface area contributed by atoms with Gasteiger partial charge in [-0.3, -0.25) is 4.90 Å². The van der Waals surface area contributed by atoms with Gasteiger partial charge in [0.1, 0.15) is 12.4 Å². The summed E-state index contributed by atoms with van der Waals surface area (Å²) >= 11 is 0. The number of halogens is 1. The highest BCUT2D eigenvalue weighted by Gasteiger charge is 2.04. The van der Waals surface area contributed by atoms with Gasteiger partial charge in [-0.2, -0.15) is 0 Å². The number of hydrogen-bond donors (Lipinski definition) is 1. The fourth-order valence-electron chi connectivity index (χ4n) is 2.04. The molecule has 0 aliphatic carbocycles. The average molecular weight is 259 g/mol. The van der Waals surface area contributed by atoms with Crippen molar-refractivity contribution in [2.24, 2.45) is 0 Å². The number of alkyl halides is 1. The molecule has 100 valence electrons. The van der Waals surface area contributed by atoms with E-state index in [1.165, 1.54) is 0 Å². The SMILES string of the molecule is CN(CCF)Cc1ccc(-c2ccccc2O)cc1. The van der Waals surface area contributed by atoms with Crippen molar-refractivity contribution >= 4 is 0 Å². The largest absolute Gasteiger partial charge is 0.507 e. The number of hydrogen-bond acceptors (Lipinski definition) is 2. The van der Waals surface area contributed by atoms with Crippen LogP contribution in [0.1, 0.15) is 5.56 Å². The van der Waals surface area contributed by atoms with Gasteiger partial charge in [-0.1, -0.05) is 42.5 Å². The smallest absolute Gasteiger partial charge is 0.123 e. The van der Waals surface area contributed by atoms with Crippen LogP contribution in [-0.4, -0.2) is 30.3 Å². The van der Waals surface area contributed by atoms with E-state index in [1.807, 2.05) is 48.3 Å².